The lowest BCUT2D eigenvalue weighted by atomic mass is 9.97. The van der Waals surface area contributed by atoms with E-state index < -0.39 is 26.4 Å². The van der Waals surface area contributed by atoms with Crippen molar-refractivity contribution in [2.45, 2.75) is 30.3 Å². The van der Waals surface area contributed by atoms with Gasteiger partial charge in [-0.3, -0.25) is 0 Å². The first-order valence-corrected chi connectivity index (χ1v) is 7.49. The summed E-state index contributed by atoms with van der Waals surface area (Å²) in [6, 6.07) is 2.21. The summed E-state index contributed by atoms with van der Waals surface area (Å²) in [4.78, 5) is 13.2. The van der Waals surface area contributed by atoms with Crippen LogP contribution < -0.4 is 0 Å². The van der Waals surface area contributed by atoms with Crippen molar-refractivity contribution >= 4 is 15.8 Å². The van der Waals surface area contributed by atoms with E-state index in [0.29, 0.717) is 19.4 Å². The number of sulfonamides is 1. The van der Waals surface area contributed by atoms with E-state index in [4.69, 9.17) is 0 Å². The Morgan fingerprint density at radius 2 is 2.20 bits per heavy atom. The summed E-state index contributed by atoms with van der Waals surface area (Å²) >= 11 is 0. The van der Waals surface area contributed by atoms with Crippen molar-refractivity contribution in [3.8, 4) is 0 Å². The number of pyridine rings is 1. The summed E-state index contributed by atoms with van der Waals surface area (Å²) in [6.07, 6.45) is 2.07. The second-order valence-electron chi connectivity index (χ2n) is 5.05. The number of piperidine rings is 1. The van der Waals surface area contributed by atoms with Crippen LogP contribution >= 0.6 is 0 Å². The lowest BCUT2D eigenvalue weighted by Crippen LogP contribution is -2.48. The van der Waals surface area contributed by atoms with Crippen molar-refractivity contribution in [1.29, 1.82) is 0 Å². The van der Waals surface area contributed by atoms with Gasteiger partial charge in [0.25, 0.3) is 0 Å². The van der Waals surface area contributed by atoms with Crippen molar-refractivity contribution in [2.24, 2.45) is 0 Å². The Bertz CT molecular complexity index is 611. The molecule has 2 heterocycles. The molecule has 1 aromatic rings. The minimum atomic E-state index is -3.79. The maximum atomic E-state index is 12.4. The minimum Gasteiger partial charge on any atom is -0.389 e. The average Bonchev–Trinajstić information content (AvgIpc) is 2.37. The van der Waals surface area contributed by atoms with Crippen molar-refractivity contribution < 1.29 is 18.4 Å². The van der Waals surface area contributed by atoms with Gasteiger partial charge in [0.05, 0.1) is 5.60 Å². The van der Waals surface area contributed by atoms with E-state index >= 15 is 0 Å². The number of aliphatic hydroxyl groups is 1. The van der Waals surface area contributed by atoms with E-state index in [-0.39, 0.29) is 11.4 Å². The number of aromatic nitrogens is 1. The molecule has 20 heavy (non-hydrogen) atoms. The van der Waals surface area contributed by atoms with E-state index in [9.17, 15) is 23.6 Å². The highest BCUT2D eigenvalue weighted by Crippen LogP contribution is 2.26. The average molecular weight is 301 g/mol. The minimum absolute atomic E-state index is 0.00627. The molecule has 0 amide bonds. The number of rotatable bonds is 3. The van der Waals surface area contributed by atoms with E-state index in [2.05, 4.69) is 4.98 Å². The van der Waals surface area contributed by atoms with Gasteiger partial charge in [-0.15, -0.1) is 0 Å². The third-order valence-electron chi connectivity index (χ3n) is 3.19. The van der Waals surface area contributed by atoms with E-state index in [1.165, 1.54) is 4.31 Å². The van der Waals surface area contributed by atoms with Crippen molar-refractivity contribution in [2.75, 3.05) is 13.1 Å². The fourth-order valence-electron chi connectivity index (χ4n) is 2.16. The Balaban J connectivity index is 2.28. The van der Waals surface area contributed by atoms with Crippen LogP contribution in [0.5, 0.6) is 0 Å². The van der Waals surface area contributed by atoms with Gasteiger partial charge < -0.3 is 15.2 Å². The summed E-state index contributed by atoms with van der Waals surface area (Å²) in [5.41, 5.74) is -1.06. The van der Waals surface area contributed by atoms with Crippen LogP contribution in [0.3, 0.4) is 0 Å². The molecule has 9 heteroatoms. The van der Waals surface area contributed by atoms with Gasteiger partial charge in [-0.05, 0) is 35.7 Å². The normalized spacial score (nSPS) is 24.5. The Kier molecular flexibility index (Phi) is 3.76. The highest BCUT2D eigenvalue weighted by Gasteiger charge is 2.36. The molecule has 0 aromatic carbocycles. The van der Waals surface area contributed by atoms with Gasteiger partial charge >= 0.3 is 5.82 Å². The molecule has 1 fully saturated rings. The first-order valence-electron chi connectivity index (χ1n) is 6.05. The largest absolute Gasteiger partial charge is 0.389 e. The standard InChI is InChI=1S/C11H15N3O5S/c1-11(15)5-2-6-13(8-11)20(18,19)9-3-4-10(12-7-9)14(16)17/h3-4,7,15H,2,5-6,8H2,1H3. The van der Waals surface area contributed by atoms with Crippen molar-refractivity contribution in [3.05, 3.63) is 28.4 Å². The number of nitrogens with zero attached hydrogens (tertiary/aromatic N) is 3. The summed E-state index contributed by atoms with van der Waals surface area (Å²) in [7, 11) is -3.79. The SMILES string of the molecule is CC1(O)CCCN(S(=O)(=O)c2ccc([N+](=O)[O-])nc2)C1. The van der Waals surface area contributed by atoms with E-state index in [0.717, 1.165) is 18.3 Å². The van der Waals surface area contributed by atoms with Crippen LogP contribution in [0.25, 0.3) is 0 Å². The van der Waals surface area contributed by atoms with Crippen LogP contribution in [0.1, 0.15) is 19.8 Å². The number of hydrogen-bond acceptors (Lipinski definition) is 6. The molecule has 0 spiro atoms. The molecule has 1 aliphatic rings. The quantitative estimate of drug-likeness (QED) is 0.643. The molecule has 2 rings (SSSR count). The fourth-order valence-corrected chi connectivity index (χ4v) is 3.70. The first kappa shape index (κ1) is 14.8. The zero-order valence-electron chi connectivity index (χ0n) is 10.9. The zero-order chi connectivity index (χ0) is 15.0. The number of nitro groups is 1. The van der Waals surface area contributed by atoms with Gasteiger partial charge in [0.2, 0.25) is 10.0 Å². The molecule has 8 nitrogen and oxygen atoms in total. The Morgan fingerprint density at radius 3 is 2.70 bits per heavy atom. The molecule has 1 unspecified atom stereocenters. The van der Waals surface area contributed by atoms with Crippen LogP contribution in [0.4, 0.5) is 5.82 Å². The first-order chi connectivity index (χ1) is 9.22. The van der Waals surface area contributed by atoms with Gasteiger partial charge in [0.15, 0.2) is 6.20 Å². The lowest BCUT2D eigenvalue weighted by molar-refractivity contribution is -0.389. The van der Waals surface area contributed by atoms with Gasteiger partial charge in [-0.1, -0.05) is 0 Å². The Morgan fingerprint density at radius 1 is 1.50 bits per heavy atom. The molecular weight excluding hydrogens is 286 g/mol. The van der Waals surface area contributed by atoms with Gasteiger partial charge in [0, 0.05) is 19.2 Å². The van der Waals surface area contributed by atoms with Crippen LogP contribution in [0.15, 0.2) is 23.2 Å². The third-order valence-corrected chi connectivity index (χ3v) is 5.01. The second kappa shape index (κ2) is 5.08. The van der Waals surface area contributed by atoms with E-state index in [1.54, 1.807) is 6.92 Å². The molecule has 0 bridgehead atoms. The molecule has 1 saturated heterocycles. The molecular formula is C11H15N3O5S. The van der Waals surface area contributed by atoms with Crippen LogP contribution in [-0.4, -0.2) is 46.4 Å². The number of β-amino-alcohol motifs (C(OH)–C–C–N with tert-alkyl or cyclic N) is 1. The summed E-state index contributed by atoms with van der Waals surface area (Å²) < 4.78 is 25.9. The summed E-state index contributed by atoms with van der Waals surface area (Å²) in [6.45, 7) is 1.91. The maximum Gasteiger partial charge on any atom is 0.363 e. The van der Waals surface area contributed by atoms with Crippen LogP contribution in [0, 0.1) is 10.1 Å². The topological polar surface area (TPSA) is 114 Å². The molecule has 1 N–H and O–H groups in total. The van der Waals surface area contributed by atoms with Gasteiger partial charge in [-0.2, -0.15) is 4.31 Å². The van der Waals surface area contributed by atoms with Gasteiger partial charge in [0.1, 0.15) is 4.90 Å². The highest BCUT2D eigenvalue weighted by atomic mass is 32.2. The number of hydrogen-bond donors (Lipinski definition) is 1. The molecule has 0 radical (unpaired) electrons. The van der Waals surface area contributed by atoms with Crippen molar-refractivity contribution in [1.82, 2.24) is 9.29 Å². The third kappa shape index (κ3) is 2.94. The Labute approximate surface area is 116 Å². The van der Waals surface area contributed by atoms with Crippen LogP contribution in [0.2, 0.25) is 0 Å². The molecule has 0 aliphatic carbocycles. The molecule has 0 saturated carbocycles. The summed E-state index contributed by atoms with van der Waals surface area (Å²) in [5.74, 6) is -0.408. The maximum absolute atomic E-state index is 12.4. The highest BCUT2D eigenvalue weighted by molar-refractivity contribution is 7.89. The lowest BCUT2D eigenvalue weighted by Gasteiger charge is -2.35. The second-order valence-corrected chi connectivity index (χ2v) is 6.99. The fraction of sp³-hybridized carbons (Fsp3) is 0.545. The molecule has 1 aromatic heterocycles. The predicted molar refractivity (Wildman–Crippen MR) is 69.5 cm³/mol. The van der Waals surface area contributed by atoms with Gasteiger partial charge in [-0.25, -0.2) is 8.42 Å². The smallest absolute Gasteiger partial charge is 0.363 e. The van der Waals surface area contributed by atoms with E-state index in [1.807, 2.05) is 0 Å². The zero-order valence-corrected chi connectivity index (χ0v) is 11.7. The summed E-state index contributed by atoms with van der Waals surface area (Å²) in [5, 5.41) is 20.5. The molecule has 110 valence electrons. The molecule has 1 atom stereocenters. The molecule has 1 aliphatic heterocycles. The monoisotopic (exact) mass is 301 g/mol. The Hall–Kier alpha value is -1.58. The van der Waals surface area contributed by atoms with Crippen LogP contribution in [-0.2, 0) is 10.0 Å². The predicted octanol–water partition coefficient (Wildman–Crippen LogP) is 0.525. The van der Waals surface area contributed by atoms with Crippen molar-refractivity contribution in [3.63, 3.8) is 0 Å².